The molecule has 0 aromatic heterocycles. The molecule has 0 spiro atoms. The van der Waals surface area contributed by atoms with Crippen LogP contribution >= 0.6 is 0 Å². The Morgan fingerprint density at radius 3 is 2.60 bits per heavy atom. The Labute approximate surface area is 174 Å². The first-order valence-corrected chi connectivity index (χ1v) is 10.1. The molecular weight excluding hydrogens is 388 g/mol. The maximum absolute atomic E-state index is 12.2. The number of carbonyl (C=O) groups is 2. The van der Waals surface area contributed by atoms with E-state index in [4.69, 9.17) is 23.7 Å². The quantitative estimate of drug-likeness (QED) is 0.608. The summed E-state index contributed by atoms with van der Waals surface area (Å²) in [7, 11) is 1.55. The van der Waals surface area contributed by atoms with Crippen LogP contribution in [0.4, 0.5) is 0 Å². The third-order valence-corrected chi connectivity index (χ3v) is 5.26. The Morgan fingerprint density at radius 1 is 1.10 bits per heavy atom. The smallest absolute Gasteiger partial charge is 0.344 e. The lowest BCUT2D eigenvalue weighted by Gasteiger charge is -2.25. The molecule has 1 heterocycles. The Morgan fingerprint density at radius 2 is 1.90 bits per heavy atom. The van der Waals surface area contributed by atoms with Crippen molar-refractivity contribution in [3.8, 4) is 28.4 Å². The van der Waals surface area contributed by atoms with Crippen LogP contribution in [-0.2, 0) is 20.9 Å². The van der Waals surface area contributed by atoms with Gasteiger partial charge < -0.3 is 23.7 Å². The number of esters is 2. The van der Waals surface area contributed by atoms with Gasteiger partial charge in [-0.3, -0.25) is 0 Å². The predicted octanol–water partition coefficient (Wildman–Crippen LogP) is 3.91. The number of carbonyl (C=O) groups excluding carboxylic acids is 2. The highest BCUT2D eigenvalue weighted by Gasteiger charge is 2.25. The molecule has 1 aliphatic heterocycles. The number of methoxy groups -OCH3 is 1. The van der Waals surface area contributed by atoms with Gasteiger partial charge in [0.15, 0.2) is 18.1 Å². The first kappa shape index (κ1) is 20.1. The minimum absolute atomic E-state index is 0.00788. The summed E-state index contributed by atoms with van der Waals surface area (Å²) in [6.45, 7) is 2.26. The molecule has 0 radical (unpaired) electrons. The average Bonchev–Trinajstić information content (AvgIpc) is 3.09. The molecule has 0 N–H and O–H groups in total. The molecule has 0 amide bonds. The minimum atomic E-state index is -0.413. The molecule has 0 atom stereocenters. The molecule has 2 aromatic carbocycles. The van der Waals surface area contributed by atoms with Gasteiger partial charge in [0.05, 0.1) is 19.3 Å². The van der Waals surface area contributed by atoms with Gasteiger partial charge in [0.1, 0.15) is 12.7 Å². The van der Waals surface area contributed by atoms with Crippen LogP contribution in [0.25, 0.3) is 11.1 Å². The summed E-state index contributed by atoms with van der Waals surface area (Å²) < 4.78 is 27.6. The van der Waals surface area contributed by atoms with E-state index in [1.807, 2.05) is 25.1 Å². The fourth-order valence-electron chi connectivity index (χ4n) is 3.50. The summed E-state index contributed by atoms with van der Waals surface area (Å²) in [6, 6.07) is 9.07. The lowest BCUT2D eigenvalue weighted by molar-refractivity contribution is -0.155. The van der Waals surface area contributed by atoms with Crippen LogP contribution in [0.2, 0.25) is 0 Å². The maximum atomic E-state index is 12.2. The van der Waals surface area contributed by atoms with Crippen LogP contribution in [0.5, 0.6) is 17.2 Å². The summed E-state index contributed by atoms with van der Waals surface area (Å²) in [4.78, 5) is 24.0. The summed E-state index contributed by atoms with van der Waals surface area (Å²) >= 11 is 0. The molecule has 30 heavy (non-hydrogen) atoms. The van der Waals surface area contributed by atoms with Gasteiger partial charge in [0.25, 0.3) is 0 Å². The third-order valence-electron chi connectivity index (χ3n) is 5.26. The lowest BCUT2D eigenvalue weighted by Crippen LogP contribution is -2.28. The highest BCUT2D eigenvalue weighted by Crippen LogP contribution is 2.45. The second-order valence-electron chi connectivity index (χ2n) is 7.19. The molecule has 158 valence electrons. The van der Waals surface area contributed by atoms with Crippen molar-refractivity contribution in [3.63, 3.8) is 0 Å². The zero-order valence-corrected chi connectivity index (χ0v) is 17.1. The van der Waals surface area contributed by atoms with E-state index in [-0.39, 0.29) is 25.3 Å². The van der Waals surface area contributed by atoms with Crippen molar-refractivity contribution in [2.75, 3.05) is 20.3 Å². The van der Waals surface area contributed by atoms with Crippen LogP contribution in [0.3, 0.4) is 0 Å². The molecule has 0 bridgehead atoms. The van der Waals surface area contributed by atoms with Gasteiger partial charge in [-0.15, -0.1) is 0 Å². The van der Waals surface area contributed by atoms with E-state index < -0.39 is 5.97 Å². The van der Waals surface area contributed by atoms with E-state index in [2.05, 4.69) is 0 Å². The molecule has 7 heteroatoms. The molecule has 1 fully saturated rings. The summed E-state index contributed by atoms with van der Waals surface area (Å²) in [5, 5.41) is 0. The summed E-state index contributed by atoms with van der Waals surface area (Å²) in [5.41, 5.74) is 2.90. The molecule has 1 saturated carbocycles. The number of benzene rings is 2. The van der Waals surface area contributed by atoms with Crippen molar-refractivity contribution in [2.45, 2.75) is 38.9 Å². The number of ether oxygens (including phenoxy) is 5. The second kappa shape index (κ2) is 8.65. The molecule has 0 unspecified atom stereocenters. The zero-order chi connectivity index (χ0) is 21.1. The fourth-order valence-corrected chi connectivity index (χ4v) is 3.50. The van der Waals surface area contributed by atoms with Gasteiger partial charge in [-0.05, 0) is 56.0 Å². The van der Waals surface area contributed by atoms with E-state index in [9.17, 15) is 9.59 Å². The van der Waals surface area contributed by atoms with Crippen LogP contribution in [0, 0.1) is 0 Å². The van der Waals surface area contributed by atoms with Crippen molar-refractivity contribution in [3.05, 3.63) is 41.5 Å². The predicted molar refractivity (Wildman–Crippen MR) is 108 cm³/mol. The van der Waals surface area contributed by atoms with Gasteiger partial charge in [-0.1, -0.05) is 6.07 Å². The first-order chi connectivity index (χ1) is 14.6. The lowest BCUT2D eigenvalue weighted by atomic mass is 9.96. The van der Waals surface area contributed by atoms with E-state index in [1.54, 1.807) is 19.2 Å². The Hall–Kier alpha value is -3.22. The Balaban J connectivity index is 1.67. The number of hydrogen-bond donors (Lipinski definition) is 0. The number of rotatable bonds is 8. The van der Waals surface area contributed by atoms with E-state index >= 15 is 0 Å². The van der Waals surface area contributed by atoms with Crippen molar-refractivity contribution < 1.29 is 33.3 Å². The standard InChI is InChI=1S/C23H24O7/c1-3-27-22-19(26-2)10-9-17(14-7-8-18-15(11-14)12-29-23(18)25)21(22)28-13-20(24)30-16-5-4-6-16/h7-11,16H,3-6,12-13H2,1-2H3. The van der Waals surface area contributed by atoms with E-state index in [1.165, 1.54) is 0 Å². The summed E-state index contributed by atoms with van der Waals surface area (Å²) in [5.74, 6) is 0.580. The Bertz CT molecular complexity index is 962. The van der Waals surface area contributed by atoms with Crippen molar-refractivity contribution in [1.82, 2.24) is 0 Å². The highest BCUT2D eigenvalue weighted by molar-refractivity contribution is 5.94. The average molecular weight is 412 g/mol. The van der Waals surface area contributed by atoms with Gasteiger partial charge in [-0.25, -0.2) is 9.59 Å². The van der Waals surface area contributed by atoms with E-state index in [0.29, 0.717) is 29.4 Å². The van der Waals surface area contributed by atoms with Crippen LogP contribution < -0.4 is 14.2 Å². The van der Waals surface area contributed by atoms with Crippen LogP contribution in [0.1, 0.15) is 42.1 Å². The van der Waals surface area contributed by atoms with Gasteiger partial charge >= 0.3 is 11.9 Å². The van der Waals surface area contributed by atoms with Crippen molar-refractivity contribution in [1.29, 1.82) is 0 Å². The van der Waals surface area contributed by atoms with Gasteiger partial charge in [-0.2, -0.15) is 0 Å². The normalized spacial score (nSPS) is 15.1. The molecule has 2 aromatic rings. The molecule has 2 aliphatic rings. The van der Waals surface area contributed by atoms with Gasteiger partial charge in [0, 0.05) is 11.1 Å². The number of cyclic esters (lactones) is 1. The summed E-state index contributed by atoms with van der Waals surface area (Å²) in [6.07, 6.45) is 2.87. The minimum Gasteiger partial charge on any atom is -0.493 e. The third kappa shape index (κ3) is 3.92. The monoisotopic (exact) mass is 412 g/mol. The van der Waals surface area contributed by atoms with Crippen LogP contribution in [-0.4, -0.2) is 38.4 Å². The molecule has 1 aliphatic carbocycles. The molecule has 7 nitrogen and oxygen atoms in total. The SMILES string of the molecule is CCOc1c(OC)ccc(-c2ccc3c(c2)COC3=O)c1OCC(=O)OC1CCC1. The molecule has 4 rings (SSSR count). The Kier molecular flexibility index (Phi) is 5.79. The number of hydrogen-bond acceptors (Lipinski definition) is 7. The highest BCUT2D eigenvalue weighted by atomic mass is 16.6. The van der Waals surface area contributed by atoms with Crippen molar-refractivity contribution >= 4 is 11.9 Å². The van der Waals surface area contributed by atoms with Gasteiger partial charge in [0.2, 0.25) is 5.75 Å². The first-order valence-electron chi connectivity index (χ1n) is 10.1. The maximum Gasteiger partial charge on any atom is 0.344 e. The number of fused-ring (bicyclic) bond motifs is 1. The molecular formula is C23H24O7. The largest absolute Gasteiger partial charge is 0.493 e. The van der Waals surface area contributed by atoms with E-state index in [0.717, 1.165) is 36.0 Å². The fraction of sp³-hybridized carbons (Fsp3) is 0.391. The topological polar surface area (TPSA) is 80.3 Å². The molecule has 0 saturated heterocycles. The van der Waals surface area contributed by atoms with Crippen molar-refractivity contribution in [2.24, 2.45) is 0 Å². The zero-order valence-electron chi connectivity index (χ0n) is 17.1. The second-order valence-corrected chi connectivity index (χ2v) is 7.19. The van der Waals surface area contributed by atoms with Crippen LogP contribution in [0.15, 0.2) is 30.3 Å².